The smallest absolute Gasteiger partial charge is 0.405 e. The van der Waals surface area contributed by atoms with E-state index in [9.17, 15) is 43.5 Å². The number of likely N-dealkylation sites (N-methyl/N-ethyl adjacent to an activating group) is 7. The first kappa shape index (κ1) is 94.3. The highest BCUT2D eigenvalue weighted by Crippen LogP contribution is 2.31. The van der Waals surface area contributed by atoms with Gasteiger partial charge < -0.3 is 91.7 Å². The van der Waals surface area contributed by atoms with Crippen LogP contribution in [-0.2, 0) is 73.4 Å². The fraction of sp³-hybridized carbons (Fsp3) is 0.727. The number of rotatable bonds is 23. The van der Waals surface area contributed by atoms with Gasteiger partial charge in [-0.1, -0.05) is 152 Å². The van der Waals surface area contributed by atoms with Crippen LogP contribution >= 0.6 is 12.2 Å². The Morgan fingerprint density at radius 1 is 0.611 bits per heavy atom. The number of benzene rings is 1. The maximum atomic E-state index is 16.0. The highest BCUT2D eigenvalue weighted by atomic mass is 32.1. The molecule has 1 unspecified atom stereocenters. The number of thiocarbonyl (C=S) groups is 1. The van der Waals surface area contributed by atoms with Crippen molar-refractivity contribution in [2.45, 2.75) is 260 Å². The molecule has 30 nitrogen and oxygen atoms in total. The van der Waals surface area contributed by atoms with E-state index >= 15 is 19.2 Å². The molecule has 17 atom stereocenters. The maximum Gasteiger partial charge on any atom is 0.405 e. The van der Waals surface area contributed by atoms with E-state index in [0.29, 0.717) is 0 Å². The largest absolute Gasteiger partial charge is 0.439 e. The van der Waals surface area contributed by atoms with Crippen LogP contribution in [0, 0.1) is 41.4 Å². The molecule has 0 aliphatic carbocycles. The summed E-state index contributed by atoms with van der Waals surface area (Å²) in [6.07, 6.45) is -3.34. The summed E-state index contributed by atoms with van der Waals surface area (Å²) < 4.78 is 18.7. The van der Waals surface area contributed by atoms with E-state index in [4.69, 9.17) is 37.9 Å². The van der Waals surface area contributed by atoms with Gasteiger partial charge in [0, 0.05) is 62.3 Å². The van der Waals surface area contributed by atoms with E-state index in [1.807, 2.05) is 79.7 Å². The van der Waals surface area contributed by atoms with Crippen LogP contribution in [0.25, 0.3) is 0 Å². The summed E-state index contributed by atoms with van der Waals surface area (Å²) in [5.41, 5.74) is 13.0. The molecule has 2 aliphatic rings. The third kappa shape index (κ3) is 26.4. The summed E-state index contributed by atoms with van der Waals surface area (Å²) in [4.78, 5) is 186. The molecule has 2 heterocycles. The van der Waals surface area contributed by atoms with Gasteiger partial charge in [0.25, 0.3) is 0 Å². The van der Waals surface area contributed by atoms with Crippen molar-refractivity contribution in [3.8, 4) is 0 Å². The van der Waals surface area contributed by atoms with Crippen LogP contribution in [0.5, 0.6) is 0 Å². The van der Waals surface area contributed by atoms with Gasteiger partial charge in [0.2, 0.25) is 65.0 Å². The Hall–Kier alpha value is -7.87. The summed E-state index contributed by atoms with van der Waals surface area (Å²) in [6.45, 7) is 28.9. The molecule has 0 bridgehead atoms. The molecule has 1 aromatic carbocycles. The Labute approximate surface area is 646 Å². The molecule has 10 N–H and O–H groups in total. The van der Waals surface area contributed by atoms with E-state index in [0.717, 1.165) is 15.4 Å². The lowest BCUT2D eigenvalue weighted by Crippen LogP contribution is -2.64. The van der Waals surface area contributed by atoms with Crippen LogP contribution in [0.2, 0.25) is 0 Å². The average molecular weight is 1540 g/mol. The molecular weight excluding hydrogens is 1410 g/mol. The molecule has 12 amide bonds. The number of nitrogens with one attached hydrogen (secondary N) is 5. The second-order valence-electron chi connectivity index (χ2n) is 31.7. The van der Waals surface area contributed by atoms with Gasteiger partial charge >= 0.3 is 6.09 Å². The second kappa shape index (κ2) is 43.5. The first-order chi connectivity index (χ1) is 50.3. The van der Waals surface area contributed by atoms with Gasteiger partial charge in [-0.25, -0.2) is 4.79 Å². The minimum Gasteiger partial charge on any atom is -0.439 e. The highest BCUT2D eigenvalue weighted by Gasteiger charge is 2.50. The third-order valence-corrected chi connectivity index (χ3v) is 20.4. The molecule has 2 saturated heterocycles. The van der Waals surface area contributed by atoms with Crippen LogP contribution in [-0.4, -0.2) is 275 Å². The van der Waals surface area contributed by atoms with Crippen molar-refractivity contribution in [1.82, 2.24) is 60.9 Å². The minimum absolute atomic E-state index is 0.0496. The molecule has 0 aromatic heterocycles. The first-order valence-corrected chi connectivity index (χ1v) is 38.4. The summed E-state index contributed by atoms with van der Waals surface area (Å²) in [5, 5.41) is 26.0. The lowest BCUT2D eigenvalue weighted by molar-refractivity contribution is -0.195. The molecule has 1 aromatic rings. The number of carbonyl (C=O) groups excluding carboxylic acids is 12. The van der Waals surface area contributed by atoms with Crippen LogP contribution in [0.3, 0.4) is 0 Å². The number of aliphatic hydroxyl groups is 1. The Kier molecular flexibility index (Phi) is 38.0. The predicted octanol–water partition coefficient (Wildman–Crippen LogP) is 3.33. The van der Waals surface area contributed by atoms with Crippen molar-refractivity contribution in [3.05, 3.63) is 48.0 Å². The quantitative estimate of drug-likeness (QED) is 0.0575. The van der Waals surface area contributed by atoms with Crippen LogP contribution in [0.1, 0.15) is 162 Å². The Morgan fingerprint density at radius 3 is 1.59 bits per heavy atom. The average Bonchev–Trinajstić information content (AvgIpc) is 1.23. The monoisotopic (exact) mass is 1540 g/mol. The van der Waals surface area contributed by atoms with Crippen molar-refractivity contribution in [2.75, 3.05) is 62.4 Å². The maximum absolute atomic E-state index is 16.0. The number of carbonyl (C=O) groups is 12. The summed E-state index contributed by atoms with van der Waals surface area (Å²) in [5.74, 6) is -10.7. The first-order valence-electron chi connectivity index (χ1n) is 37.9. The molecule has 2 aliphatic heterocycles. The number of amides is 12. The van der Waals surface area contributed by atoms with Gasteiger partial charge in [0.1, 0.15) is 77.6 Å². The molecule has 0 radical (unpaired) electrons. The van der Waals surface area contributed by atoms with Crippen molar-refractivity contribution in [2.24, 2.45) is 52.9 Å². The van der Waals surface area contributed by atoms with Gasteiger partial charge in [0.05, 0.1) is 18.7 Å². The number of nitrogens with zero attached hydrogens (tertiary/aromatic N) is 7. The normalized spacial score (nSPS) is 27.3. The Bertz CT molecular complexity index is 3250. The molecule has 0 saturated carbocycles. The molecule has 610 valence electrons. The zero-order valence-corrected chi connectivity index (χ0v) is 69.3. The number of allylic oxidation sites excluding steroid dienone is 2. The fourth-order valence-corrected chi connectivity index (χ4v) is 13.8. The van der Waals surface area contributed by atoms with Crippen molar-refractivity contribution >= 4 is 88.3 Å². The molecule has 31 heteroatoms. The van der Waals surface area contributed by atoms with E-state index in [-0.39, 0.29) is 80.2 Å². The van der Waals surface area contributed by atoms with Crippen molar-refractivity contribution in [3.63, 3.8) is 0 Å². The van der Waals surface area contributed by atoms with Gasteiger partial charge in [-0.15, -0.1) is 0 Å². The van der Waals surface area contributed by atoms with Crippen LogP contribution in [0.4, 0.5) is 4.79 Å². The second-order valence-corrected chi connectivity index (χ2v) is 32.1. The lowest BCUT2D eigenvalue weighted by atomic mass is 9.91. The number of hydrogen-bond acceptors (Lipinski definition) is 18. The van der Waals surface area contributed by atoms with Gasteiger partial charge in [-0.05, 0) is 106 Å². The zero-order valence-electron chi connectivity index (χ0n) is 68.4. The highest BCUT2D eigenvalue weighted by molar-refractivity contribution is 7.80. The van der Waals surface area contributed by atoms with Crippen LogP contribution < -0.4 is 38.1 Å². The van der Waals surface area contributed by atoms with Gasteiger partial charge in [-0.2, -0.15) is 0 Å². The number of hydrogen-bond donors (Lipinski definition) is 8. The number of primary amides is 1. The van der Waals surface area contributed by atoms with E-state index in [2.05, 4.69) is 26.6 Å². The SMILES string of the molecule is C/C=C/C[C@@H](C)[C@@H](O[C@H]1O[C@H](CNC(=S)[C@@H](Cc2ccccc2)OC(N)=O)[C@@H](O)[C@@H]1N)[C@H]1C(=O)N[C@@H](CC)C(=O)N(C)CC(=O)N(C)[C@@H](CC(C)C)C(=O)NC(C(C)C)C(=O)N(C)[C@@H](CC(C)C)C(=O)N[C@@H](C)C(=O)N[C@H](C)C(=O)N(C)[C@@H](CC(C)C)C(=O)N(C)[C@@H](CC(C)C)C(=O)N(C)[C@@H](C(C)C)C(=O)N1C. The Morgan fingerprint density at radius 2 is 1.09 bits per heavy atom. The Balaban J connectivity index is 2.41. The van der Waals surface area contributed by atoms with Crippen LogP contribution in [0.15, 0.2) is 42.5 Å². The van der Waals surface area contributed by atoms with Crippen molar-refractivity contribution < 1.29 is 76.9 Å². The van der Waals surface area contributed by atoms with E-state index in [1.165, 1.54) is 87.7 Å². The molecule has 0 spiro atoms. The topological polar surface area (TPSA) is 388 Å². The zero-order chi connectivity index (χ0) is 82.4. The third-order valence-electron chi connectivity index (χ3n) is 20.0. The lowest BCUT2D eigenvalue weighted by Gasteiger charge is -2.43. The molecule has 2 fully saturated rings. The number of nitrogens with two attached hydrogens (primary N) is 2. The standard InChI is InChI=1S/C77H130N14O16S/c1-25-27-31-47(15)64(107-76-59(78)63(93)57(105-76)39-80-69(108)56(106-77(79)104)38-50-32-29-28-30-33-50)62-68(97)83-51(26-2)71(99)85(18)40-58(92)86(19)52(34-41(3)4)67(96)84-60(45(11)12)74(102)87(20)53(35-42(5)6)66(95)81-48(16)65(94)82-49(17)70(98)88(21)54(36-43(7)8)72(100)89(22)55(37-44(9)10)73(101)90(23)61(46(13)14)75(103)91(62)24/h25,27-30,32-33,41-49,51-57,59-64,76,93H,26,31,34-40,78H2,1-24H3,(H2,79,104)(H,80,108)(H,81,95)(H,82,94)(H,83,97)(H,84,96)/b27-25+/t47-,48+,49-,51+,52+,53+,54+,55+,56-,57-,59+,60?,61+,62+,63-,64-,76-/m1/s1. The fourth-order valence-electron chi connectivity index (χ4n) is 13.5. The summed E-state index contributed by atoms with van der Waals surface area (Å²) in [6, 6.07) is -5.37. The molecule has 108 heavy (non-hydrogen) atoms. The van der Waals surface area contributed by atoms with Gasteiger partial charge in [0.15, 0.2) is 12.4 Å². The van der Waals surface area contributed by atoms with Crippen molar-refractivity contribution in [1.29, 1.82) is 0 Å². The number of aliphatic hydroxyl groups excluding tert-OH is 1. The predicted molar refractivity (Wildman–Crippen MR) is 415 cm³/mol. The van der Waals surface area contributed by atoms with Gasteiger partial charge in [-0.3, -0.25) is 52.7 Å². The van der Waals surface area contributed by atoms with E-state index < -0.39 is 193 Å². The number of ether oxygens (including phenoxy) is 3. The summed E-state index contributed by atoms with van der Waals surface area (Å²) >= 11 is 5.70. The summed E-state index contributed by atoms with van der Waals surface area (Å²) in [7, 11) is 9.81. The minimum atomic E-state index is -1.73. The molecule has 3 rings (SSSR count). The van der Waals surface area contributed by atoms with E-state index in [1.54, 1.807) is 66.7 Å². The molecular formula is C77H130N14O16S.